The summed E-state index contributed by atoms with van der Waals surface area (Å²) in [7, 11) is 1.33. The Morgan fingerprint density at radius 1 is 1.29 bits per heavy atom. The number of para-hydroxylation sites is 1. The second-order valence-corrected chi connectivity index (χ2v) is 3.92. The van der Waals surface area contributed by atoms with Crippen molar-refractivity contribution in [3.8, 4) is 5.75 Å². The summed E-state index contributed by atoms with van der Waals surface area (Å²) in [6.07, 6.45) is -1.18. The van der Waals surface area contributed by atoms with Crippen molar-refractivity contribution in [3.05, 3.63) is 30.1 Å². The van der Waals surface area contributed by atoms with Crippen LogP contribution in [0.15, 0.2) is 24.3 Å². The Hall–Kier alpha value is -2.64. The van der Waals surface area contributed by atoms with E-state index >= 15 is 0 Å². The fourth-order valence-corrected chi connectivity index (χ4v) is 1.26. The van der Waals surface area contributed by atoms with Crippen LogP contribution in [0.3, 0.4) is 0 Å². The predicted molar refractivity (Wildman–Crippen MR) is 70.0 cm³/mol. The number of rotatable bonds is 5. The lowest BCUT2D eigenvalue weighted by Crippen LogP contribution is -2.43. The molecule has 1 aromatic carbocycles. The number of ether oxygens (including phenoxy) is 2. The fraction of sp³-hybridized carbons (Fsp3) is 0.308. The normalized spacial score (nSPS) is 11.2. The highest BCUT2D eigenvalue weighted by Crippen LogP contribution is 2.15. The molecule has 0 radical (unpaired) electrons. The molecule has 0 heterocycles. The molecule has 0 aliphatic carbocycles. The van der Waals surface area contributed by atoms with Crippen molar-refractivity contribution in [2.75, 3.05) is 13.7 Å². The van der Waals surface area contributed by atoms with Gasteiger partial charge in [0.05, 0.1) is 0 Å². The number of esters is 1. The van der Waals surface area contributed by atoms with Crippen LogP contribution in [0.2, 0.25) is 0 Å². The van der Waals surface area contributed by atoms with Gasteiger partial charge in [0.25, 0.3) is 5.91 Å². The third-order valence-corrected chi connectivity index (χ3v) is 2.32. The summed E-state index contributed by atoms with van der Waals surface area (Å²) < 4.78 is 22.9. The van der Waals surface area contributed by atoms with E-state index in [1.165, 1.54) is 32.2 Å². The Bertz CT molecular complexity index is 535. The number of hydrogen-bond acceptors (Lipinski definition) is 5. The Morgan fingerprint density at radius 3 is 2.57 bits per heavy atom. The van der Waals surface area contributed by atoms with Crippen LogP contribution in [-0.4, -0.2) is 37.7 Å². The molecule has 0 saturated heterocycles. The van der Waals surface area contributed by atoms with Gasteiger partial charge in [-0.05, 0) is 19.1 Å². The van der Waals surface area contributed by atoms with Crippen LogP contribution in [0.1, 0.15) is 6.92 Å². The number of halogens is 1. The van der Waals surface area contributed by atoms with E-state index in [2.05, 4.69) is 5.32 Å². The standard InChI is InChI=1S/C13H15FN2O5/c1-8(12(18)16-13(19)15-2)21-11(17)7-20-10-6-4-3-5-9(10)14/h3-6,8H,7H2,1-2H3,(H2,15,16,18,19)/t8-/m0/s1. The molecule has 114 valence electrons. The van der Waals surface area contributed by atoms with E-state index in [9.17, 15) is 18.8 Å². The molecule has 0 spiro atoms. The van der Waals surface area contributed by atoms with Crippen molar-refractivity contribution < 1.29 is 28.2 Å². The Morgan fingerprint density at radius 2 is 1.95 bits per heavy atom. The SMILES string of the molecule is CNC(=O)NC(=O)[C@H](C)OC(=O)COc1ccccc1F. The van der Waals surface area contributed by atoms with Crippen molar-refractivity contribution in [1.29, 1.82) is 0 Å². The lowest BCUT2D eigenvalue weighted by molar-refractivity contribution is -0.156. The molecule has 0 bridgehead atoms. The van der Waals surface area contributed by atoms with E-state index in [1.807, 2.05) is 5.32 Å². The third-order valence-electron chi connectivity index (χ3n) is 2.32. The molecule has 0 fully saturated rings. The zero-order chi connectivity index (χ0) is 15.8. The molecule has 7 nitrogen and oxygen atoms in total. The number of benzene rings is 1. The average Bonchev–Trinajstić information content (AvgIpc) is 2.46. The molecule has 0 aromatic heterocycles. The number of urea groups is 1. The van der Waals surface area contributed by atoms with Crippen molar-refractivity contribution in [1.82, 2.24) is 10.6 Å². The van der Waals surface area contributed by atoms with E-state index in [1.54, 1.807) is 6.07 Å². The maximum atomic E-state index is 13.2. The topological polar surface area (TPSA) is 93.7 Å². The molecular weight excluding hydrogens is 283 g/mol. The van der Waals surface area contributed by atoms with E-state index in [-0.39, 0.29) is 5.75 Å². The quantitative estimate of drug-likeness (QED) is 0.776. The Kier molecular flexibility index (Phi) is 6.12. The first-order valence-corrected chi connectivity index (χ1v) is 6.03. The van der Waals surface area contributed by atoms with Gasteiger partial charge in [0.1, 0.15) is 0 Å². The minimum Gasteiger partial charge on any atom is -0.479 e. The summed E-state index contributed by atoms with van der Waals surface area (Å²) in [6.45, 7) is 0.734. The van der Waals surface area contributed by atoms with Crippen molar-refractivity contribution in [2.45, 2.75) is 13.0 Å². The first kappa shape index (κ1) is 16.4. The van der Waals surface area contributed by atoms with E-state index < -0.39 is 36.4 Å². The minimum atomic E-state index is -1.18. The van der Waals surface area contributed by atoms with Gasteiger partial charge in [-0.3, -0.25) is 10.1 Å². The molecular formula is C13H15FN2O5. The molecule has 2 N–H and O–H groups in total. The van der Waals surface area contributed by atoms with Crippen molar-refractivity contribution in [3.63, 3.8) is 0 Å². The first-order chi connectivity index (χ1) is 9.93. The van der Waals surface area contributed by atoms with Crippen LogP contribution in [0.4, 0.5) is 9.18 Å². The van der Waals surface area contributed by atoms with E-state index in [0.29, 0.717) is 0 Å². The highest BCUT2D eigenvalue weighted by Gasteiger charge is 2.20. The zero-order valence-corrected chi connectivity index (χ0v) is 11.5. The summed E-state index contributed by atoms with van der Waals surface area (Å²) in [5.41, 5.74) is 0. The lowest BCUT2D eigenvalue weighted by atomic mass is 10.3. The molecule has 1 atom stereocenters. The van der Waals surface area contributed by atoms with Gasteiger partial charge in [-0.25, -0.2) is 14.0 Å². The van der Waals surface area contributed by atoms with Crippen LogP contribution < -0.4 is 15.4 Å². The van der Waals surface area contributed by atoms with Gasteiger partial charge in [-0.15, -0.1) is 0 Å². The van der Waals surface area contributed by atoms with Gasteiger partial charge >= 0.3 is 12.0 Å². The molecule has 0 aliphatic heterocycles. The summed E-state index contributed by atoms with van der Waals surface area (Å²) in [5.74, 6) is -2.36. The van der Waals surface area contributed by atoms with Gasteiger partial charge in [-0.1, -0.05) is 12.1 Å². The first-order valence-electron chi connectivity index (χ1n) is 6.03. The smallest absolute Gasteiger partial charge is 0.344 e. The second kappa shape index (κ2) is 7.83. The molecule has 0 saturated carbocycles. The van der Waals surface area contributed by atoms with Gasteiger partial charge in [0, 0.05) is 7.05 Å². The fourth-order valence-electron chi connectivity index (χ4n) is 1.26. The summed E-state index contributed by atoms with van der Waals surface area (Å²) in [6, 6.07) is 4.84. The van der Waals surface area contributed by atoms with Crippen LogP contribution in [0, 0.1) is 5.82 Å². The molecule has 21 heavy (non-hydrogen) atoms. The van der Waals surface area contributed by atoms with Crippen LogP contribution in [0.5, 0.6) is 5.75 Å². The molecule has 1 aromatic rings. The lowest BCUT2D eigenvalue weighted by Gasteiger charge is -2.13. The number of imide groups is 1. The number of hydrogen-bond donors (Lipinski definition) is 2. The number of nitrogens with one attached hydrogen (secondary N) is 2. The second-order valence-electron chi connectivity index (χ2n) is 3.92. The van der Waals surface area contributed by atoms with Crippen molar-refractivity contribution in [2.24, 2.45) is 0 Å². The van der Waals surface area contributed by atoms with Crippen molar-refractivity contribution >= 4 is 17.9 Å². The molecule has 0 unspecified atom stereocenters. The van der Waals surface area contributed by atoms with E-state index in [0.717, 1.165) is 0 Å². The molecule has 8 heteroatoms. The van der Waals surface area contributed by atoms with Gasteiger partial charge in [0.15, 0.2) is 24.3 Å². The van der Waals surface area contributed by atoms with E-state index in [4.69, 9.17) is 9.47 Å². The largest absolute Gasteiger partial charge is 0.479 e. The number of amides is 3. The third kappa shape index (κ3) is 5.47. The summed E-state index contributed by atoms with van der Waals surface area (Å²) in [5, 5.41) is 4.13. The van der Waals surface area contributed by atoms with Gasteiger partial charge in [0.2, 0.25) is 0 Å². The Balaban J connectivity index is 2.41. The average molecular weight is 298 g/mol. The van der Waals surface area contributed by atoms with Gasteiger partial charge in [-0.2, -0.15) is 0 Å². The van der Waals surface area contributed by atoms with Crippen LogP contribution in [-0.2, 0) is 14.3 Å². The zero-order valence-electron chi connectivity index (χ0n) is 11.5. The highest BCUT2D eigenvalue weighted by molar-refractivity contribution is 5.97. The summed E-state index contributed by atoms with van der Waals surface area (Å²) >= 11 is 0. The predicted octanol–water partition coefficient (Wildman–Crippen LogP) is 0.592. The molecule has 1 rings (SSSR count). The highest BCUT2D eigenvalue weighted by atomic mass is 19.1. The van der Waals surface area contributed by atoms with Crippen LogP contribution >= 0.6 is 0 Å². The van der Waals surface area contributed by atoms with Crippen LogP contribution in [0.25, 0.3) is 0 Å². The summed E-state index contributed by atoms with van der Waals surface area (Å²) in [4.78, 5) is 33.8. The maximum absolute atomic E-state index is 13.2. The van der Waals surface area contributed by atoms with Gasteiger partial charge < -0.3 is 14.8 Å². The minimum absolute atomic E-state index is 0.100. The maximum Gasteiger partial charge on any atom is 0.344 e. The molecule has 3 amide bonds. The number of carbonyl (C=O) groups excluding carboxylic acids is 3. The molecule has 0 aliphatic rings. The number of carbonyl (C=O) groups is 3. The Labute approximate surface area is 120 Å². The monoisotopic (exact) mass is 298 g/mol.